The fourth-order valence-electron chi connectivity index (χ4n) is 2.93. The summed E-state index contributed by atoms with van der Waals surface area (Å²) in [6.45, 7) is 5.81. The summed E-state index contributed by atoms with van der Waals surface area (Å²) in [5.41, 5.74) is 8.57. The van der Waals surface area contributed by atoms with Gasteiger partial charge in [-0.15, -0.1) is 0 Å². The molecule has 8 heteroatoms. The molecular weight excluding hydrogens is 344 g/mol. The molecule has 1 aromatic carbocycles. The van der Waals surface area contributed by atoms with E-state index in [0.29, 0.717) is 30.1 Å². The fraction of sp³-hybridized carbons (Fsp3) is 0.316. The second-order valence-electron chi connectivity index (χ2n) is 6.06. The zero-order chi connectivity index (χ0) is 19.4. The van der Waals surface area contributed by atoms with Gasteiger partial charge in [0.25, 0.3) is 0 Å². The van der Waals surface area contributed by atoms with Crippen LogP contribution in [0.4, 0.5) is 11.8 Å². The Balaban J connectivity index is 2.06. The number of methoxy groups -OCH3 is 1. The standard InChI is InChI=1S/C19H24N6O2/c1-4-25-17(11-13(2)23-25)22-19-21-15-12-14(18(26)27-3)7-8-16(15)24(19)10-6-5-9-20/h5-8,11-12H,4,9-10,20H2,1-3H3,(H,21,22)/b6-5+. The number of rotatable bonds is 7. The molecule has 3 aromatic rings. The normalized spacial score (nSPS) is 11.4. The average molecular weight is 368 g/mol. The summed E-state index contributed by atoms with van der Waals surface area (Å²) in [4.78, 5) is 16.5. The topological polar surface area (TPSA) is 100.0 Å². The van der Waals surface area contributed by atoms with E-state index in [9.17, 15) is 4.79 Å². The Morgan fingerprint density at radius 3 is 2.85 bits per heavy atom. The molecule has 8 nitrogen and oxygen atoms in total. The number of benzene rings is 1. The minimum atomic E-state index is -0.385. The van der Waals surface area contributed by atoms with E-state index in [0.717, 1.165) is 23.6 Å². The lowest BCUT2D eigenvalue weighted by molar-refractivity contribution is 0.0601. The third kappa shape index (κ3) is 3.85. The molecule has 3 N–H and O–H groups in total. The molecule has 0 radical (unpaired) electrons. The number of hydrogen-bond acceptors (Lipinski definition) is 6. The molecule has 0 saturated heterocycles. The zero-order valence-corrected chi connectivity index (χ0v) is 15.8. The van der Waals surface area contributed by atoms with Crippen molar-refractivity contribution in [3.05, 3.63) is 47.7 Å². The van der Waals surface area contributed by atoms with Gasteiger partial charge in [0.2, 0.25) is 5.95 Å². The molecule has 2 heterocycles. The molecule has 2 aromatic heterocycles. The highest BCUT2D eigenvalue weighted by Crippen LogP contribution is 2.25. The van der Waals surface area contributed by atoms with Crippen LogP contribution < -0.4 is 11.1 Å². The van der Waals surface area contributed by atoms with Crippen molar-refractivity contribution in [2.45, 2.75) is 26.9 Å². The molecule has 0 aliphatic rings. The number of carbonyl (C=O) groups excluding carboxylic acids is 1. The first-order valence-electron chi connectivity index (χ1n) is 8.82. The Labute approximate surface area is 157 Å². The van der Waals surface area contributed by atoms with Crippen molar-refractivity contribution in [3.63, 3.8) is 0 Å². The predicted octanol–water partition coefficient (Wildman–Crippen LogP) is 2.61. The second-order valence-corrected chi connectivity index (χ2v) is 6.06. The first-order valence-corrected chi connectivity index (χ1v) is 8.82. The molecule has 0 aliphatic carbocycles. The number of ether oxygens (including phenoxy) is 1. The molecule has 0 atom stereocenters. The molecule has 0 saturated carbocycles. The number of imidazole rings is 1. The van der Waals surface area contributed by atoms with Gasteiger partial charge >= 0.3 is 5.97 Å². The maximum atomic E-state index is 11.8. The number of aromatic nitrogens is 4. The molecule has 0 bridgehead atoms. The summed E-state index contributed by atoms with van der Waals surface area (Å²) in [5.74, 6) is 1.15. The van der Waals surface area contributed by atoms with Crippen molar-refractivity contribution in [3.8, 4) is 0 Å². The van der Waals surface area contributed by atoms with Crippen molar-refractivity contribution < 1.29 is 9.53 Å². The molecule has 142 valence electrons. The smallest absolute Gasteiger partial charge is 0.337 e. The van der Waals surface area contributed by atoms with Crippen LogP contribution in [0.1, 0.15) is 23.0 Å². The SMILES string of the molecule is CCn1nc(C)cc1Nc1nc2cc(C(=O)OC)ccc2n1C/C=C/CN. The number of carbonyl (C=O) groups is 1. The van der Waals surface area contributed by atoms with Gasteiger partial charge < -0.3 is 20.4 Å². The molecule has 27 heavy (non-hydrogen) atoms. The quantitative estimate of drug-likeness (QED) is 0.491. The minimum Gasteiger partial charge on any atom is -0.465 e. The van der Waals surface area contributed by atoms with E-state index in [1.807, 2.05) is 47.4 Å². The number of esters is 1. The van der Waals surface area contributed by atoms with Crippen molar-refractivity contribution in [1.82, 2.24) is 19.3 Å². The third-order valence-corrected chi connectivity index (χ3v) is 4.20. The lowest BCUT2D eigenvalue weighted by atomic mass is 10.2. The first kappa shape index (κ1) is 18.7. The van der Waals surface area contributed by atoms with E-state index in [1.54, 1.807) is 12.1 Å². The van der Waals surface area contributed by atoms with Gasteiger partial charge in [0.05, 0.1) is 29.4 Å². The summed E-state index contributed by atoms with van der Waals surface area (Å²) in [6.07, 6.45) is 3.89. The highest BCUT2D eigenvalue weighted by molar-refractivity contribution is 5.94. The van der Waals surface area contributed by atoms with Gasteiger partial charge in [-0.1, -0.05) is 12.2 Å². The average Bonchev–Trinajstić information content (AvgIpc) is 3.20. The number of nitrogens with one attached hydrogen (secondary N) is 1. The van der Waals surface area contributed by atoms with Gasteiger partial charge in [-0.2, -0.15) is 5.10 Å². The lowest BCUT2D eigenvalue weighted by Gasteiger charge is -2.10. The Morgan fingerprint density at radius 1 is 1.33 bits per heavy atom. The summed E-state index contributed by atoms with van der Waals surface area (Å²) in [5, 5.41) is 7.82. The second kappa shape index (κ2) is 8.05. The van der Waals surface area contributed by atoms with Gasteiger partial charge in [-0.25, -0.2) is 14.5 Å². The van der Waals surface area contributed by atoms with E-state index in [1.165, 1.54) is 7.11 Å². The number of hydrogen-bond donors (Lipinski definition) is 2. The number of nitrogens with two attached hydrogens (primary N) is 1. The minimum absolute atomic E-state index is 0.385. The van der Waals surface area contributed by atoms with Gasteiger partial charge in [0, 0.05) is 25.7 Å². The number of anilines is 2. The van der Waals surface area contributed by atoms with E-state index in [4.69, 9.17) is 10.5 Å². The first-order chi connectivity index (χ1) is 13.1. The molecule has 0 aliphatic heterocycles. The van der Waals surface area contributed by atoms with E-state index >= 15 is 0 Å². The van der Waals surface area contributed by atoms with Crippen molar-refractivity contribution in [1.29, 1.82) is 0 Å². The fourth-order valence-corrected chi connectivity index (χ4v) is 2.93. The van der Waals surface area contributed by atoms with Crippen LogP contribution in [0.2, 0.25) is 0 Å². The Morgan fingerprint density at radius 2 is 2.15 bits per heavy atom. The van der Waals surface area contributed by atoms with Crippen molar-refractivity contribution in [2.24, 2.45) is 5.73 Å². The molecule has 3 rings (SSSR count). The number of allylic oxidation sites excluding steroid dienone is 1. The maximum Gasteiger partial charge on any atom is 0.337 e. The monoisotopic (exact) mass is 368 g/mol. The molecule has 0 spiro atoms. The summed E-state index contributed by atoms with van der Waals surface area (Å²) in [7, 11) is 1.37. The Bertz CT molecular complexity index is 986. The summed E-state index contributed by atoms with van der Waals surface area (Å²) >= 11 is 0. The van der Waals surface area contributed by atoms with Crippen LogP contribution in [0.15, 0.2) is 36.4 Å². The number of aryl methyl sites for hydroxylation is 2. The maximum absolute atomic E-state index is 11.8. The molecule has 0 amide bonds. The molecule has 0 unspecified atom stereocenters. The van der Waals surface area contributed by atoms with Crippen LogP contribution in [0.3, 0.4) is 0 Å². The van der Waals surface area contributed by atoms with Crippen molar-refractivity contribution >= 4 is 28.8 Å². The molecular formula is C19H24N6O2. The van der Waals surface area contributed by atoms with E-state index < -0.39 is 0 Å². The van der Waals surface area contributed by atoms with Gasteiger partial charge in [0.15, 0.2) is 0 Å². The van der Waals surface area contributed by atoms with Gasteiger partial charge in [0.1, 0.15) is 5.82 Å². The lowest BCUT2D eigenvalue weighted by Crippen LogP contribution is -2.08. The van der Waals surface area contributed by atoms with Crippen LogP contribution in [0, 0.1) is 6.92 Å². The van der Waals surface area contributed by atoms with Gasteiger partial charge in [-0.3, -0.25) is 0 Å². The van der Waals surface area contributed by atoms with E-state index in [2.05, 4.69) is 15.4 Å². The Kier molecular flexibility index (Phi) is 5.56. The third-order valence-electron chi connectivity index (χ3n) is 4.20. The Hall–Kier alpha value is -3.13. The summed E-state index contributed by atoms with van der Waals surface area (Å²) in [6, 6.07) is 7.32. The number of nitrogens with zero attached hydrogens (tertiary/aromatic N) is 4. The predicted molar refractivity (Wildman–Crippen MR) is 105 cm³/mol. The van der Waals surface area contributed by atoms with Crippen LogP contribution in [-0.2, 0) is 17.8 Å². The largest absolute Gasteiger partial charge is 0.465 e. The van der Waals surface area contributed by atoms with Crippen LogP contribution in [0.5, 0.6) is 0 Å². The number of fused-ring (bicyclic) bond motifs is 1. The molecule has 0 fully saturated rings. The highest BCUT2D eigenvalue weighted by atomic mass is 16.5. The summed E-state index contributed by atoms with van der Waals surface area (Å²) < 4.78 is 8.72. The van der Waals surface area contributed by atoms with E-state index in [-0.39, 0.29) is 5.97 Å². The van der Waals surface area contributed by atoms with Crippen molar-refractivity contribution in [2.75, 3.05) is 19.0 Å². The zero-order valence-electron chi connectivity index (χ0n) is 15.8. The van der Waals surface area contributed by atoms with Crippen LogP contribution in [0.25, 0.3) is 11.0 Å². The van der Waals surface area contributed by atoms with Crippen LogP contribution >= 0.6 is 0 Å². The van der Waals surface area contributed by atoms with Crippen LogP contribution in [-0.4, -0.2) is 39.0 Å². The van der Waals surface area contributed by atoms with Gasteiger partial charge in [-0.05, 0) is 32.0 Å². The highest BCUT2D eigenvalue weighted by Gasteiger charge is 2.15.